The Morgan fingerprint density at radius 3 is 2.69 bits per heavy atom. The lowest BCUT2D eigenvalue weighted by atomic mass is 10.0. The van der Waals surface area contributed by atoms with Gasteiger partial charge in [0, 0.05) is 28.5 Å². The molecular weight excluding hydrogens is 741 g/mol. The van der Waals surface area contributed by atoms with Crippen LogP contribution >= 0.6 is 34.9 Å². The third kappa shape index (κ3) is 6.56. The second-order valence-corrected chi connectivity index (χ2v) is 14.0. The molecule has 2 aliphatic rings. The number of fused-ring (bicyclic) bond motifs is 2. The first-order valence-corrected chi connectivity index (χ1v) is 17.8. The van der Waals surface area contributed by atoms with Crippen LogP contribution in [0, 0.1) is 0 Å². The number of H-pyrrole nitrogens is 1. The highest BCUT2D eigenvalue weighted by molar-refractivity contribution is 8.01. The minimum Gasteiger partial charge on any atom is -0.504 e. The van der Waals surface area contributed by atoms with Gasteiger partial charge in [0.1, 0.15) is 33.7 Å². The first kappa shape index (κ1) is 34.3. The van der Waals surface area contributed by atoms with Crippen molar-refractivity contribution in [2.45, 2.75) is 23.0 Å². The van der Waals surface area contributed by atoms with Gasteiger partial charge in [0.2, 0.25) is 0 Å². The monoisotopic (exact) mass is 764 g/mol. The van der Waals surface area contributed by atoms with E-state index in [0.717, 1.165) is 22.4 Å². The van der Waals surface area contributed by atoms with E-state index in [9.17, 15) is 39.6 Å². The second kappa shape index (κ2) is 13.9. The summed E-state index contributed by atoms with van der Waals surface area (Å²) >= 11 is 3.58. The van der Waals surface area contributed by atoms with Crippen molar-refractivity contribution in [1.29, 1.82) is 0 Å². The van der Waals surface area contributed by atoms with Crippen molar-refractivity contribution in [3.05, 3.63) is 81.2 Å². The number of anilines is 1. The van der Waals surface area contributed by atoms with E-state index < -0.39 is 40.5 Å². The van der Waals surface area contributed by atoms with Crippen LogP contribution in [0.5, 0.6) is 17.2 Å². The van der Waals surface area contributed by atoms with Crippen LogP contribution in [0.4, 0.5) is 5.13 Å². The second-order valence-electron chi connectivity index (χ2n) is 11.0. The summed E-state index contributed by atoms with van der Waals surface area (Å²) < 4.78 is 1.58. The average Bonchev–Trinajstić information content (AvgIpc) is 3.79. The number of aromatic hydroxyl groups is 3. The summed E-state index contributed by atoms with van der Waals surface area (Å²) in [6.45, 7) is -0.388. The summed E-state index contributed by atoms with van der Waals surface area (Å²) in [4.78, 5) is 72.2. The van der Waals surface area contributed by atoms with E-state index in [1.165, 1.54) is 41.0 Å². The lowest BCUT2D eigenvalue weighted by Crippen LogP contribution is -2.71. The van der Waals surface area contributed by atoms with Crippen molar-refractivity contribution >= 4 is 69.1 Å². The first-order chi connectivity index (χ1) is 25.0. The van der Waals surface area contributed by atoms with E-state index in [-0.39, 0.29) is 57.7 Å². The number of carbonyl (C=O) groups is 3. The number of carbonyl (C=O) groups excluding carboxylic acids is 2. The molecule has 4 aromatic heterocycles. The van der Waals surface area contributed by atoms with E-state index in [1.54, 1.807) is 28.9 Å². The molecule has 0 aliphatic carbocycles. The normalized spacial score (nSPS) is 17.2. The summed E-state index contributed by atoms with van der Waals surface area (Å²) in [5, 5.41) is 51.6. The van der Waals surface area contributed by atoms with Crippen LogP contribution in [-0.2, 0) is 25.8 Å². The van der Waals surface area contributed by atoms with Gasteiger partial charge in [0.05, 0.1) is 18.1 Å². The van der Waals surface area contributed by atoms with Crippen LogP contribution in [0.15, 0.2) is 74.4 Å². The Morgan fingerprint density at radius 2 is 1.96 bits per heavy atom. The number of thioether (sulfide) groups is 2. The van der Waals surface area contributed by atoms with Gasteiger partial charge in [0.25, 0.3) is 17.4 Å². The fourth-order valence-electron chi connectivity index (χ4n) is 5.24. The number of aromatic amines is 1. The number of hydrogen-bond acceptors (Lipinski definition) is 17. The first-order valence-electron chi connectivity index (χ1n) is 14.9. The standard InChI is InChI=1S/C30H24N10O9S3/c31-30-35-15(11-52-30)22(38-49-8-19-32-7-18(43)25(44)36-19)26(45)37-23-27(46)39-24(29(47)48)13(10-51-28(23)39)9-50-21-6-14(34-20-3-4-33-40(20)21)12-1-2-16(41)17(42)5-12/h1-7,11,23,28,41-43H,8-10H2,(H2,31,35)(H,37,45)(H,47,48)(H,32,36,44)/b38-22+/t23-,28-/m1/s1. The van der Waals surface area contributed by atoms with Crippen LogP contribution in [0.1, 0.15) is 11.5 Å². The molecule has 266 valence electrons. The van der Waals surface area contributed by atoms with Crippen molar-refractivity contribution in [3.8, 4) is 28.5 Å². The van der Waals surface area contributed by atoms with Crippen molar-refractivity contribution in [2.75, 3.05) is 17.2 Å². The zero-order valence-corrected chi connectivity index (χ0v) is 28.6. The maximum atomic E-state index is 13.5. The number of nitrogens with two attached hydrogens (primary N) is 1. The molecule has 0 bridgehead atoms. The molecule has 7 rings (SSSR count). The molecule has 8 N–H and O–H groups in total. The third-order valence-corrected chi connectivity index (χ3v) is 10.8. The van der Waals surface area contributed by atoms with Crippen LogP contribution in [0.25, 0.3) is 16.9 Å². The topological polar surface area (TPSA) is 284 Å². The number of aliphatic carboxylic acids is 1. The van der Waals surface area contributed by atoms with Crippen LogP contribution in [0.3, 0.4) is 0 Å². The SMILES string of the molecule is Nc1nc(/C(=N\OCc2ncc(O)c(=O)[nH]2)C(=O)N[C@@H]2C(=O)N3C(C(=O)O)=C(CSc4cc(-c5ccc(O)c(O)c5)nc5ccnn45)CS[C@H]23)cs1. The van der Waals surface area contributed by atoms with Gasteiger partial charge in [-0.3, -0.25) is 19.3 Å². The molecule has 1 fully saturated rings. The predicted molar refractivity (Wildman–Crippen MR) is 187 cm³/mol. The van der Waals surface area contributed by atoms with Crippen LogP contribution in [0.2, 0.25) is 0 Å². The van der Waals surface area contributed by atoms with E-state index in [2.05, 4.69) is 35.5 Å². The number of benzene rings is 1. The Labute approximate surface area is 302 Å². The molecule has 19 nitrogen and oxygen atoms in total. The van der Waals surface area contributed by atoms with Gasteiger partial charge in [-0.2, -0.15) is 5.10 Å². The number of rotatable bonds is 11. The van der Waals surface area contributed by atoms with Gasteiger partial charge >= 0.3 is 5.97 Å². The highest BCUT2D eigenvalue weighted by Gasteiger charge is 2.54. The molecule has 6 heterocycles. The molecule has 0 unspecified atom stereocenters. The molecule has 22 heteroatoms. The number of oxime groups is 1. The summed E-state index contributed by atoms with van der Waals surface area (Å²) in [6, 6.07) is 6.61. The Bertz CT molecular complexity index is 2390. The Balaban J connectivity index is 1.08. The zero-order valence-electron chi connectivity index (χ0n) is 26.2. The molecule has 0 saturated carbocycles. The summed E-state index contributed by atoms with van der Waals surface area (Å²) in [5.74, 6) is -3.60. The number of carboxylic acids is 1. The maximum Gasteiger partial charge on any atom is 0.352 e. The molecule has 2 atom stereocenters. The van der Waals surface area contributed by atoms with Crippen LogP contribution < -0.4 is 16.6 Å². The fraction of sp³-hybridized carbons (Fsp3) is 0.167. The highest BCUT2D eigenvalue weighted by Crippen LogP contribution is 2.42. The van der Waals surface area contributed by atoms with Gasteiger partial charge in [-0.1, -0.05) is 5.16 Å². The summed E-state index contributed by atoms with van der Waals surface area (Å²) in [5.41, 5.74) is 6.44. The number of nitrogens with one attached hydrogen (secondary N) is 2. The quantitative estimate of drug-likeness (QED) is 0.0247. The highest BCUT2D eigenvalue weighted by atomic mass is 32.2. The van der Waals surface area contributed by atoms with E-state index in [1.807, 2.05) is 0 Å². The van der Waals surface area contributed by atoms with Crippen molar-refractivity contribution in [2.24, 2.45) is 5.16 Å². The van der Waals surface area contributed by atoms with Gasteiger partial charge in [0.15, 0.2) is 40.3 Å². The van der Waals surface area contributed by atoms with Crippen molar-refractivity contribution in [1.82, 2.24) is 39.8 Å². The van der Waals surface area contributed by atoms with Crippen molar-refractivity contribution < 1.29 is 39.6 Å². The smallest absolute Gasteiger partial charge is 0.352 e. The number of thiazole rings is 1. The van der Waals surface area contributed by atoms with E-state index in [0.29, 0.717) is 27.5 Å². The minimum atomic E-state index is -1.31. The number of hydrogen-bond donors (Lipinski definition) is 7. The molecule has 2 aliphatic heterocycles. The Kier molecular flexibility index (Phi) is 9.16. The third-order valence-electron chi connectivity index (χ3n) is 7.70. The minimum absolute atomic E-state index is 0.00511. The van der Waals surface area contributed by atoms with Crippen molar-refractivity contribution in [3.63, 3.8) is 0 Å². The number of phenols is 2. The molecule has 52 heavy (non-hydrogen) atoms. The largest absolute Gasteiger partial charge is 0.504 e. The summed E-state index contributed by atoms with van der Waals surface area (Å²) in [7, 11) is 0. The maximum absolute atomic E-state index is 13.5. The number of phenolic OH excluding ortho intramolecular Hbond substituents is 2. The number of nitrogens with zero attached hydrogens (tertiary/aromatic N) is 7. The average molecular weight is 765 g/mol. The molecule has 2 amide bonds. The summed E-state index contributed by atoms with van der Waals surface area (Å²) in [6.07, 6.45) is 2.48. The van der Waals surface area contributed by atoms with Gasteiger partial charge in [-0.15, -0.1) is 34.9 Å². The number of β-lactam (4-membered cyclic amide) rings is 1. The van der Waals surface area contributed by atoms with Gasteiger partial charge in [-0.05, 0) is 29.8 Å². The fourth-order valence-corrected chi connectivity index (χ4v) is 8.28. The lowest BCUT2D eigenvalue weighted by Gasteiger charge is -2.49. The predicted octanol–water partition coefficient (Wildman–Crippen LogP) is 1.09. The van der Waals surface area contributed by atoms with E-state index in [4.69, 9.17) is 10.6 Å². The van der Waals surface area contributed by atoms with Gasteiger partial charge in [-0.25, -0.2) is 24.3 Å². The molecule has 5 aromatic rings. The molecular formula is C30H24N10O9S3. The van der Waals surface area contributed by atoms with Gasteiger partial charge < -0.3 is 41.3 Å². The number of nitrogen functional groups attached to an aromatic ring is 1. The van der Waals surface area contributed by atoms with Crippen LogP contribution in [-0.4, -0.2) is 101 Å². The molecule has 1 aromatic carbocycles. The molecule has 0 radical (unpaired) electrons. The molecule has 1 saturated heterocycles. The Hall–Kier alpha value is -6.13. The Morgan fingerprint density at radius 1 is 1.13 bits per heavy atom. The number of aromatic nitrogens is 6. The molecule has 0 spiro atoms. The number of amides is 2. The van der Waals surface area contributed by atoms with E-state index >= 15 is 0 Å². The lowest BCUT2D eigenvalue weighted by molar-refractivity contribution is -0.150. The zero-order chi connectivity index (χ0) is 36.7. The number of carboxylic acid groups (broad SMARTS) is 1.